The van der Waals surface area contributed by atoms with Gasteiger partial charge in [-0.2, -0.15) is 0 Å². The Morgan fingerprint density at radius 2 is 1.91 bits per heavy atom. The number of pyridine rings is 1. The zero-order valence-corrected chi connectivity index (χ0v) is 20.1. The molecule has 0 aromatic carbocycles. The molecule has 3 heterocycles. The van der Waals surface area contributed by atoms with E-state index in [0.29, 0.717) is 41.8 Å². The molecule has 2 aromatic rings. The van der Waals surface area contributed by atoms with E-state index >= 15 is 0 Å². The van der Waals surface area contributed by atoms with Gasteiger partial charge >= 0.3 is 0 Å². The number of anilines is 2. The summed E-state index contributed by atoms with van der Waals surface area (Å²) in [6, 6.07) is 5.01. The number of piperidine rings is 1. The predicted molar refractivity (Wildman–Crippen MR) is 125 cm³/mol. The lowest BCUT2D eigenvalue weighted by molar-refractivity contribution is 0.0377. The number of hydrogen-bond donors (Lipinski definition) is 1. The summed E-state index contributed by atoms with van der Waals surface area (Å²) in [7, 11) is -3.32. The maximum atomic E-state index is 12.4. The van der Waals surface area contributed by atoms with E-state index in [2.05, 4.69) is 31.7 Å². The van der Waals surface area contributed by atoms with Crippen molar-refractivity contribution in [2.75, 3.05) is 18.4 Å². The summed E-state index contributed by atoms with van der Waals surface area (Å²) >= 11 is 0. The number of sulfone groups is 1. The third-order valence-corrected chi connectivity index (χ3v) is 7.83. The molecular weight excluding hydrogens is 442 g/mol. The zero-order valence-electron chi connectivity index (χ0n) is 19.3. The molecular formula is C23H31N5O4S. The van der Waals surface area contributed by atoms with Crippen LogP contribution in [0.2, 0.25) is 0 Å². The highest BCUT2D eigenvalue weighted by atomic mass is 32.2. The van der Waals surface area contributed by atoms with Crippen molar-refractivity contribution in [2.24, 2.45) is 0 Å². The molecule has 178 valence electrons. The third kappa shape index (κ3) is 5.73. The van der Waals surface area contributed by atoms with E-state index in [1.54, 1.807) is 25.1 Å². The Morgan fingerprint density at radius 1 is 1.18 bits per heavy atom. The SMILES string of the molecule is C=C(OC(C)C)N1CCC(Oc2cc(Nc3ccc(S(=O)(=O)C4CC4)nc3C)ncn2)CC1. The van der Waals surface area contributed by atoms with Crippen molar-refractivity contribution in [1.82, 2.24) is 19.9 Å². The molecule has 1 N–H and O–H groups in total. The zero-order chi connectivity index (χ0) is 23.6. The topological polar surface area (TPSA) is 107 Å². The molecule has 33 heavy (non-hydrogen) atoms. The minimum atomic E-state index is -3.32. The van der Waals surface area contributed by atoms with Gasteiger partial charge in [0.15, 0.2) is 20.7 Å². The Hall–Kier alpha value is -2.88. The standard InChI is InChI=1S/C23H31N5O4S/c1-15(2)31-17(4)28-11-9-18(10-12-28)32-22-13-21(24-14-25-22)27-20-7-8-23(26-16(20)3)33(29,30)19-5-6-19/h7-8,13-15,18-19H,4-6,9-12H2,1-3H3,(H,24,25,27). The van der Waals surface area contributed by atoms with Crippen LogP contribution < -0.4 is 10.1 Å². The summed E-state index contributed by atoms with van der Waals surface area (Å²) in [6.07, 6.45) is 4.71. The van der Waals surface area contributed by atoms with Crippen LogP contribution in [0.15, 0.2) is 42.0 Å². The smallest absolute Gasteiger partial charge is 0.218 e. The Bertz CT molecular complexity index is 1110. The minimum absolute atomic E-state index is 0.0474. The van der Waals surface area contributed by atoms with Crippen molar-refractivity contribution in [3.05, 3.63) is 42.7 Å². The number of nitrogens with zero attached hydrogens (tertiary/aromatic N) is 4. The van der Waals surface area contributed by atoms with Crippen molar-refractivity contribution in [3.63, 3.8) is 0 Å². The van der Waals surface area contributed by atoms with Gasteiger partial charge in [-0.1, -0.05) is 0 Å². The average molecular weight is 474 g/mol. The summed E-state index contributed by atoms with van der Waals surface area (Å²) < 4.78 is 36.6. The van der Waals surface area contributed by atoms with Gasteiger partial charge in [-0.3, -0.25) is 0 Å². The summed E-state index contributed by atoms with van der Waals surface area (Å²) in [6.45, 7) is 11.4. The Kier molecular flexibility index (Phi) is 6.73. The van der Waals surface area contributed by atoms with Gasteiger partial charge in [-0.25, -0.2) is 23.4 Å². The first kappa shape index (κ1) is 23.3. The van der Waals surface area contributed by atoms with Gasteiger partial charge in [0, 0.05) is 32.0 Å². The van der Waals surface area contributed by atoms with Crippen LogP contribution in [0.5, 0.6) is 5.88 Å². The molecule has 9 nitrogen and oxygen atoms in total. The van der Waals surface area contributed by atoms with Gasteiger partial charge in [0.2, 0.25) is 5.88 Å². The highest BCUT2D eigenvalue weighted by Crippen LogP contribution is 2.33. The van der Waals surface area contributed by atoms with E-state index in [9.17, 15) is 8.42 Å². The lowest BCUT2D eigenvalue weighted by atomic mass is 10.1. The molecule has 2 fully saturated rings. The predicted octanol–water partition coefficient (Wildman–Crippen LogP) is 3.60. The van der Waals surface area contributed by atoms with Crippen molar-refractivity contribution >= 4 is 21.3 Å². The Labute approximate surface area is 195 Å². The van der Waals surface area contributed by atoms with Gasteiger partial charge in [0.05, 0.1) is 22.7 Å². The van der Waals surface area contributed by atoms with E-state index in [1.165, 1.54) is 6.33 Å². The van der Waals surface area contributed by atoms with Crippen LogP contribution in [0.3, 0.4) is 0 Å². The summed E-state index contributed by atoms with van der Waals surface area (Å²) in [5.41, 5.74) is 1.28. The van der Waals surface area contributed by atoms with Gasteiger partial charge in [0.25, 0.3) is 0 Å². The van der Waals surface area contributed by atoms with E-state index in [0.717, 1.165) is 25.9 Å². The molecule has 0 amide bonds. The first-order chi connectivity index (χ1) is 15.7. The van der Waals surface area contributed by atoms with Crippen LogP contribution in [0.1, 0.15) is 45.2 Å². The third-order valence-electron chi connectivity index (χ3n) is 5.67. The number of rotatable bonds is 9. The molecule has 2 aromatic heterocycles. The minimum Gasteiger partial charge on any atom is -0.477 e. The van der Waals surface area contributed by atoms with Crippen molar-refractivity contribution in [2.45, 2.75) is 68.9 Å². The van der Waals surface area contributed by atoms with Crippen LogP contribution in [0.4, 0.5) is 11.5 Å². The molecule has 0 unspecified atom stereocenters. The molecule has 0 radical (unpaired) electrons. The first-order valence-corrected chi connectivity index (χ1v) is 12.8. The largest absolute Gasteiger partial charge is 0.477 e. The number of ether oxygens (including phenoxy) is 2. The number of hydrogen-bond acceptors (Lipinski definition) is 9. The van der Waals surface area contributed by atoms with Gasteiger partial charge in [0.1, 0.15) is 18.2 Å². The van der Waals surface area contributed by atoms with E-state index < -0.39 is 9.84 Å². The molecule has 1 saturated heterocycles. The Balaban J connectivity index is 1.35. The van der Waals surface area contributed by atoms with Crippen LogP contribution in [-0.4, -0.2) is 58.8 Å². The first-order valence-electron chi connectivity index (χ1n) is 11.3. The normalized spacial score (nSPS) is 17.2. The van der Waals surface area contributed by atoms with Crippen LogP contribution in [0.25, 0.3) is 0 Å². The van der Waals surface area contributed by atoms with E-state index in [4.69, 9.17) is 9.47 Å². The van der Waals surface area contributed by atoms with Gasteiger partial charge < -0.3 is 19.7 Å². The van der Waals surface area contributed by atoms with Crippen LogP contribution in [-0.2, 0) is 14.6 Å². The lowest BCUT2D eigenvalue weighted by Gasteiger charge is -2.34. The monoisotopic (exact) mass is 473 g/mol. The molecule has 0 spiro atoms. The van der Waals surface area contributed by atoms with Gasteiger partial charge in [-0.15, -0.1) is 0 Å². The Morgan fingerprint density at radius 3 is 2.55 bits per heavy atom. The maximum absolute atomic E-state index is 12.4. The van der Waals surface area contributed by atoms with E-state index in [-0.39, 0.29) is 22.5 Å². The quantitative estimate of drug-likeness (QED) is 0.547. The van der Waals surface area contributed by atoms with Crippen LogP contribution in [0, 0.1) is 6.92 Å². The fourth-order valence-corrected chi connectivity index (χ4v) is 5.35. The second-order valence-corrected chi connectivity index (χ2v) is 10.9. The molecule has 1 saturated carbocycles. The van der Waals surface area contributed by atoms with Crippen molar-refractivity contribution in [1.29, 1.82) is 0 Å². The summed E-state index contributed by atoms with van der Waals surface area (Å²) in [4.78, 5) is 14.9. The maximum Gasteiger partial charge on any atom is 0.218 e. The number of nitrogens with one attached hydrogen (secondary N) is 1. The fourth-order valence-electron chi connectivity index (χ4n) is 3.73. The summed E-state index contributed by atoms with van der Waals surface area (Å²) in [5, 5.41) is 3.04. The highest BCUT2D eigenvalue weighted by Gasteiger charge is 2.38. The number of aromatic nitrogens is 3. The molecule has 0 atom stereocenters. The molecule has 2 aliphatic rings. The molecule has 1 aliphatic heterocycles. The second-order valence-electron chi connectivity index (χ2n) is 8.76. The van der Waals surface area contributed by atoms with Gasteiger partial charge in [-0.05, 0) is 52.3 Å². The van der Waals surface area contributed by atoms with Crippen LogP contribution >= 0.6 is 0 Å². The molecule has 1 aliphatic carbocycles. The molecule has 4 rings (SSSR count). The summed E-state index contributed by atoms with van der Waals surface area (Å²) in [5.74, 6) is 1.75. The average Bonchev–Trinajstić information content (AvgIpc) is 3.61. The molecule has 10 heteroatoms. The molecule has 0 bridgehead atoms. The number of likely N-dealkylation sites (tertiary alicyclic amines) is 1. The lowest BCUT2D eigenvalue weighted by Crippen LogP contribution is -2.38. The fraction of sp³-hybridized carbons (Fsp3) is 0.522. The van der Waals surface area contributed by atoms with E-state index in [1.807, 2.05) is 13.8 Å². The van der Waals surface area contributed by atoms with Crippen molar-refractivity contribution in [3.8, 4) is 5.88 Å². The second kappa shape index (κ2) is 9.54. The van der Waals surface area contributed by atoms with Crippen molar-refractivity contribution < 1.29 is 17.9 Å². The highest BCUT2D eigenvalue weighted by molar-refractivity contribution is 7.92. The number of aryl methyl sites for hydroxylation is 1.